The zero-order chi connectivity index (χ0) is 17.1. The Balaban J connectivity index is 1.41. The molecule has 1 N–H and O–H groups in total. The molecule has 10 heteroatoms. The first-order valence-electron chi connectivity index (χ1n) is 7.93. The third-order valence-corrected chi connectivity index (χ3v) is 5.01. The van der Waals surface area contributed by atoms with Gasteiger partial charge in [0.05, 0.1) is 6.54 Å². The van der Waals surface area contributed by atoms with Crippen LogP contribution in [0.15, 0.2) is 0 Å². The smallest absolute Gasteiger partial charge is 0.242 e. The van der Waals surface area contributed by atoms with Crippen LogP contribution >= 0.6 is 11.3 Å². The molecule has 0 aliphatic carbocycles. The average Bonchev–Trinajstić information content (AvgIpc) is 3.13. The minimum Gasteiger partial charge on any atom is -0.347 e. The van der Waals surface area contributed by atoms with E-state index >= 15 is 0 Å². The van der Waals surface area contributed by atoms with Gasteiger partial charge in [0.25, 0.3) is 0 Å². The summed E-state index contributed by atoms with van der Waals surface area (Å²) in [6, 6.07) is 0. The average molecular weight is 351 g/mol. The van der Waals surface area contributed by atoms with Crippen LogP contribution in [0.5, 0.6) is 0 Å². The van der Waals surface area contributed by atoms with Crippen LogP contribution in [0.25, 0.3) is 4.96 Å². The highest BCUT2D eigenvalue weighted by molar-refractivity contribution is 7.16. The van der Waals surface area contributed by atoms with Crippen molar-refractivity contribution >= 4 is 28.1 Å². The second kappa shape index (κ2) is 7.22. The number of likely N-dealkylation sites (N-methyl/N-ethyl adjacent to an activating group) is 1. The van der Waals surface area contributed by atoms with Gasteiger partial charge in [0.15, 0.2) is 5.82 Å². The lowest BCUT2D eigenvalue weighted by Gasteiger charge is -2.32. The van der Waals surface area contributed by atoms with E-state index in [2.05, 4.69) is 25.5 Å². The summed E-state index contributed by atoms with van der Waals surface area (Å²) in [7, 11) is 2.04. The maximum Gasteiger partial charge on any atom is 0.242 e. The summed E-state index contributed by atoms with van der Waals surface area (Å²) < 4.78 is 1.68. The number of carbonyl (C=O) groups excluding carboxylic acids is 2. The fraction of sp³-hybridized carbons (Fsp3) is 0.643. The van der Waals surface area contributed by atoms with Gasteiger partial charge < -0.3 is 15.1 Å². The van der Waals surface area contributed by atoms with Crippen molar-refractivity contribution in [2.24, 2.45) is 0 Å². The van der Waals surface area contributed by atoms with Crippen LogP contribution in [0.4, 0.5) is 0 Å². The monoisotopic (exact) mass is 351 g/mol. The fourth-order valence-electron chi connectivity index (χ4n) is 2.51. The molecule has 0 aromatic carbocycles. The van der Waals surface area contributed by atoms with Crippen molar-refractivity contribution in [3.63, 3.8) is 0 Å². The van der Waals surface area contributed by atoms with Gasteiger partial charge in [-0.1, -0.05) is 11.3 Å². The molecule has 3 rings (SSSR count). The molecule has 0 saturated carbocycles. The van der Waals surface area contributed by atoms with Gasteiger partial charge in [-0.3, -0.25) is 9.59 Å². The van der Waals surface area contributed by atoms with Crippen molar-refractivity contribution in [3.8, 4) is 0 Å². The van der Waals surface area contributed by atoms with Crippen LogP contribution < -0.4 is 5.32 Å². The van der Waals surface area contributed by atoms with Crippen LogP contribution in [0.2, 0.25) is 0 Å². The van der Waals surface area contributed by atoms with Gasteiger partial charge in [0.1, 0.15) is 5.01 Å². The van der Waals surface area contributed by atoms with Crippen LogP contribution in [0.3, 0.4) is 0 Å². The topological polar surface area (TPSA) is 95.7 Å². The molecule has 3 heterocycles. The van der Waals surface area contributed by atoms with Crippen molar-refractivity contribution in [2.45, 2.75) is 19.8 Å². The van der Waals surface area contributed by atoms with E-state index in [9.17, 15) is 9.59 Å². The third kappa shape index (κ3) is 3.88. The highest BCUT2D eigenvalue weighted by Crippen LogP contribution is 2.14. The summed E-state index contributed by atoms with van der Waals surface area (Å²) in [4.78, 5) is 28.7. The Morgan fingerprint density at radius 3 is 2.67 bits per heavy atom. The molecule has 2 aromatic heterocycles. The predicted octanol–water partition coefficient (Wildman–Crippen LogP) is -0.683. The summed E-state index contributed by atoms with van der Waals surface area (Å²) in [5.41, 5.74) is 0. The van der Waals surface area contributed by atoms with Gasteiger partial charge in [0.2, 0.25) is 16.8 Å². The van der Waals surface area contributed by atoms with Crippen LogP contribution in [-0.4, -0.2) is 81.2 Å². The number of nitrogens with one attached hydrogen (secondary N) is 1. The number of fused-ring (bicyclic) bond motifs is 1. The second-order valence-corrected chi connectivity index (χ2v) is 6.94. The molecule has 1 saturated heterocycles. The van der Waals surface area contributed by atoms with E-state index in [4.69, 9.17) is 0 Å². The number of aryl methyl sites for hydroxylation is 2. The maximum atomic E-state index is 12.1. The Morgan fingerprint density at radius 1 is 1.21 bits per heavy atom. The Morgan fingerprint density at radius 2 is 1.96 bits per heavy atom. The molecule has 0 atom stereocenters. The Kier molecular flexibility index (Phi) is 5.05. The zero-order valence-electron chi connectivity index (χ0n) is 13.9. The van der Waals surface area contributed by atoms with E-state index in [1.165, 1.54) is 11.3 Å². The van der Waals surface area contributed by atoms with Crippen molar-refractivity contribution in [1.29, 1.82) is 0 Å². The van der Waals surface area contributed by atoms with Crippen LogP contribution in [-0.2, 0) is 16.0 Å². The summed E-state index contributed by atoms with van der Waals surface area (Å²) in [6.45, 7) is 5.08. The van der Waals surface area contributed by atoms with E-state index in [1.54, 1.807) is 9.42 Å². The normalized spacial score (nSPS) is 15.8. The standard InChI is InChI=1S/C14H21N7O2S/c1-10-16-17-14-21(10)18-12(24-14)4-3-11(22)15-9-13(23)20-7-5-19(2)6-8-20/h3-9H2,1-2H3,(H,15,22). The summed E-state index contributed by atoms with van der Waals surface area (Å²) >= 11 is 1.43. The lowest BCUT2D eigenvalue weighted by Crippen LogP contribution is -2.50. The third-order valence-electron chi connectivity index (χ3n) is 4.05. The number of carbonyl (C=O) groups is 2. The van der Waals surface area contributed by atoms with Crippen molar-refractivity contribution in [1.82, 2.24) is 34.9 Å². The second-order valence-electron chi connectivity index (χ2n) is 5.90. The minimum atomic E-state index is -0.139. The number of amides is 2. The lowest BCUT2D eigenvalue weighted by molar-refractivity contribution is -0.134. The molecule has 0 spiro atoms. The van der Waals surface area contributed by atoms with Crippen molar-refractivity contribution < 1.29 is 9.59 Å². The molecule has 24 heavy (non-hydrogen) atoms. The van der Waals surface area contributed by atoms with E-state index in [-0.39, 0.29) is 18.4 Å². The number of piperazine rings is 1. The van der Waals surface area contributed by atoms with Gasteiger partial charge in [-0.2, -0.15) is 9.61 Å². The quantitative estimate of drug-likeness (QED) is 0.767. The van der Waals surface area contributed by atoms with E-state index < -0.39 is 0 Å². The molecule has 1 fully saturated rings. The predicted molar refractivity (Wildman–Crippen MR) is 88.8 cm³/mol. The number of hydrogen-bond donors (Lipinski definition) is 1. The first kappa shape index (κ1) is 16.8. The summed E-state index contributed by atoms with van der Waals surface area (Å²) in [5, 5.41) is 15.8. The summed E-state index contributed by atoms with van der Waals surface area (Å²) in [6.07, 6.45) is 0.834. The first-order valence-corrected chi connectivity index (χ1v) is 8.75. The Bertz CT molecular complexity index is 733. The number of rotatable bonds is 5. The van der Waals surface area contributed by atoms with Crippen LogP contribution in [0.1, 0.15) is 17.3 Å². The largest absolute Gasteiger partial charge is 0.347 e. The van der Waals surface area contributed by atoms with Gasteiger partial charge in [-0.15, -0.1) is 10.2 Å². The van der Waals surface area contributed by atoms with Gasteiger partial charge >= 0.3 is 0 Å². The fourth-order valence-corrected chi connectivity index (χ4v) is 3.38. The van der Waals surface area contributed by atoms with Gasteiger partial charge in [-0.25, -0.2) is 0 Å². The number of aromatic nitrogens is 4. The van der Waals surface area contributed by atoms with E-state index in [0.717, 1.165) is 42.0 Å². The van der Waals surface area contributed by atoms with Crippen LogP contribution in [0, 0.1) is 6.92 Å². The minimum absolute atomic E-state index is 0.0223. The Hall–Kier alpha value is -2.07. The van der Waals surface area contributed by atoms with Crippen molar-refractivity contribution in [2.75, 3.05) is 39.8 Å². The Labute approximate surface area is 143 Å². The highest BCUT2D eigenvalue weighted by atomic mass is 32.1. The molecule has 9 nitrogen and oxygen atoms in total. The molecule has 2 amide bonds. The van der Waals surface area contributed by atoms with Gasteiger partial charge in [0, 0.05) is 39.0 Å². The molecule has 0 radical (unpaired) electrons. The molecule has 0 bridgehead atoms. The van der Waals surface area contributed by atoms with E-state index in [0.29, 0.717) is 12.8 Å². The summed E-state index contributed by atoms with van der Waals surface area (Å²) in [5.74, 6) is 0.570. The maximum absolute atomic E-state index is 12.1. The lowest BCUT2D eigenvalue weighted by atomic mass is 10.3. The molecule has 1 aliphatic rings. The molecule has 2 aromatic rings. The molecular formula is C14H21N7O2S. The highest BCUT2D eigenvalue weighted by Gasteiger charge is 2.19. The first-order chi connectivity index (χ1) is 11.5. The molecule has 130 valence electrons. The van der Waals surface area contributed by atoms with Gasteiger partial charge in [-0.05, 0) is 14.0 Å². The van der Waals surface area contributed by atoms with Crippen molar-refractivity contribution in [3.05, 3.63) is 10.8 Å². The number of nitrogens with zero attached hydrogens (tertiary/aromatic N) is 6. The molecule has 1 aliphatic heterocycles. The SMILES string of the molecule is Cc1nnc2sc(CCC(=O)NCC(=O)N3CCN(C)CC3)nn12. The number of hydrogen-bond acceptors (Lipinski definition) is 7. The molecule has 0 unspecified atom stereocenters. The zero-order valence-corrected chi connectivity index (χ0v) is 14.7. The van der Waals surface area contributed by atoms with E-state index in [1.807, 2.05) is 14.0 Å². The molecular weight excluding hydrogens is 330 g/mol.